The molecule has 8 nitrogen and oxygen atoms in total. The van der Waals surface area contributed by atoms with E-state index in [9.17, 15) is 8.42 Å². The number of aryl methyl sites for hydroxylation is 2. The molecule has 0 bridgehead atoms. The van der Waals surface area contributed by atoms with Crippen molar-refractivity contribution in [2.24, 2.45) is 18.0 Å². The van der Waals surface area contributed by atoms with E-state index in [4.69, 9.17) is 4.74 Å². The Bertz CT molecular complexity index is 980. The maximum atomic E-state index is 12.2. The average molecular weight is 434 g/mol. The van der Waals surface area contributed by atoms with Crippen molar-refractivity contribution in [1.82, 2.24) is 19.9 Å². The largest absolute Gasteiger partial charge is 0.493 e. The molecule has 1 aromatic carbocycles. The van der Waals surface area contributed by atoms with E-state index in [2.05, 4.69) is 45.5 Å². The molecular weight excluding hydrogens is 402 g/mol. The SMILES string of the molecule is CN=C(NCCNS(=O)(=O)c1ccn(C)c1)NCc1ccc(C)cc1OCC1CC1. The Balaban J connectivity index is 1.46. The molecule has 2 aromatic rings. The standard InChI is InChI=1S/C21H31N5O3S/c1-16-4-7-18(20(12-16)29-15-17-5-6-17)13-24-21(22-2)23-9-10-25-30(27,28)19-8-11-26(3)14-19/h4,7-8,11-12,14,17,25H,5-6,9-10,13,15H2,1-3H3,(H2,22,23,24). The van der Waals surface area contributed by atoms with E-state index in [1.165, 1.54) is 12.8 Å². The molecule has 9 heteroatoms. The highest BCUT2D eigenvalue weighted by Crippen LogP contribution is 2.30. The Labute approximate surface area is 178 Å². The van der Waals surface area contributed by atoms with Crippen molar-refractivity contribution in [1.29, 1.82) is 0 Å². The van der Waals surface area contributed by atoms with Gasteiger partial charge in [0.05, 0.1) is 11.5 Å². The molecule has 3 rings (SSSR count). The van der Waals surface area contributed by atoms with E-state index in [-0.39, 0.29) is 11.4 Å². The molecule has 164 valence electrons. The van der Waals surface area contributed by atoms with Crippen molar-refractivity contribution in [3.63, 3.8) is 0 Å². The van der Waals surface area contributed by atoms with Crippen LogP contribution in [0.1, 0.15) is 24.0 Å². The summed E-state index contributed by atoms with van der Waals surface area (Å²) < 4.78 is 34.8. The molecule has 0 atom stereocenters. The molecule has 0 saturated heterocycles. The maximum Gasteiger partial charge on any atom is 0.242 e. The number of aliphatic imine (C=N–C) groups is 1. The zero-order valence-corrected chi connectivity index (χ0v) is 18.6. The Morgan fingerprint density at radius 2 is 2.03 bits per heavy atom. The highest BCUT2D eigenvalue weighted by molar-refractivity contribution is 7.89. The Morgan fingerprint density at radius 3 is 2.70 bits per heavy atom. The third-order valence-electron chi connectivity index (χ3n) is 4.89. The summed E-state index contributed by atoms with van der Waals surface area (Å²) in [4.78, 5) is 4.46. The van der Waals surface area contributed by atoms with E-state index in [1.54, 1.807) is 37.1 Å². The van der Waals surface area contributed by atoms with Crippen molar-refractivity contribution in [3.05, 3.63) is 47.8 Å². The van der Waals surface area contributed by atoms with Gasteiger partial charge < -0.3 is 19.9 Å². The number of nitrogens with one attached hydrogen (secondary N) is 3. The molecule has 0 unspecified atom stereocenters. The van der Waals surface area contributed by atoms with Gasteiger partial charge in [0.25, 0.3) is 0 Å². The fourth-order valence-corrected chi connectivity index (χ4v) is 4.00. The van der Waals surface area contributed by atoms with Crippen LogP contribution in [-0.2, 0) is 23.6 Å². The molecule has 30 heavy (non-hydrogen) atoms. The minimum absolute atomic E-state index is 0.248. The van der Waals surface area contributed by atoms with Crippen LogP contribution in [0.25, 0.3) is 0 Å². The summed E-state index contributed by atoms with van der Waals surface area (Å²) in [7, 11) is -0.0370. The van der Waals surface area contributed by atoms with Gasteiger partial charge in [0.2, 0.25) is 10.0 Å². The van der Waals surface area contributed by atoms with Crippen LogP contribution >= 0.6 is 0 Å². The van der Waals surface area contributed by atoms with Crippen LogP contribution in [0.15, 0.2) is 46.5 Å². The Hall–Kier alpha value is -2.52. The second-order valence-corrected chi connectivity index (χ2v) is 9.40. The van der Waals surface area contributed by atoms with Gasteiger partial charge in [-0.2, -0.15) is 0 Å². The lowest BCUT2D eigenvalue weighted by Crippen LogP contribution is -2.41. The highest BCUT2D eigenvalue weighted by Gasteiger charge is 2.22. The van der Waals surface area contributed by atoms with Crippen LogP contribution in [0.4, 0.5) is 0 Å². The van der Waals surface area contributed by atoms with Gasteiger partial charge in [-0.1, -0.05) is 12.1 Å². The lowest BCUT2D eigenvalue weighted by atomic mass is 10.1. The van der Waals surface area contributed by atoms with Gasteiger partial charge in [0.1, 0.15) is 5.75 Å². The van der Waals surface area contributed by atoms with Crippen molar-refractivity contribution in [2.45, 2.75) is 31.2 Å². The van der Waals surface area contributed by atoms with Gasteiger partial charge in [0.15, 0.2) is 5.96 Å². The van der Waals surface area contributed by atoms with Crippen LogP contribution in [0.3, 0.4) is 0 Å². The predicted molar refractivity (Wildman–Crippen MR) is 118 cm³/mol. The second kappa shape index (κ2) is 9.99. The van der Waals surface area contributed by atoms with Crippen LogP contribution in [0.2, 0.25) is 0 Å². The van der Waals surface area contributed by atoms with Crippen molar-refractivity contribution >= 4 is 16.0 Å². The van der Waals surface area contributed by atoms with E-state index in [0.29, 0.717) is 25.0 Å². The topological polar surface area (TPSA) is 96.8 Å². The first-order chi connectivity index (χ1) is 14.4. The summed E-state index contributed by atoms with van der Waals surface area (Å²) >= 11 is 0. The smallest absolute Gasteiger partial charge is 0.242 e. The molecule has 1 heterocycles. The number of hydrogen-bond acceptors (Lipinski definition) is 4. The normalized spacial score (nSPS) is 14.6. The first-order valence-corrected chi connectivity index (χ1v) is 11.6. The second-order valence-electron chi connectivity index (χ2n) is 7.63. The van der Waals surface area contributed by atoms with Crippen LogP contribution in [-0.4, -0.2) is 45.7 Å². The van der Waals surface area contributed by atoms with E-state index < -0.39 is 10.0 Å². The number of sulfonamides is 1. The number of nitrogens with zero attached hydrogens (tertiary/aromatic N) is 2. The predicted octanol–water partition coefficient (Wildman–Crippen LogP) is 1.77. The van der Waals surface area contributed by atoms with E-state index in [0.717, 1.165) is 23.5 Å². The number of rotatable bonds is 10. The monoisotopic (exact) mass is 433 g/mol. The lowest BCUT2D eigenvalue weighted by molar-refractivity contribution is 0.296. The third kappa shape index (κ3) is 6.50. The first kappa shape index (κ1) is 22.2. The van der Waals surface area contributed by atoms with Gasteiger partial charge >= 0.3 is 0 Å². The molecular formula is C21H31N5O3S. The van der Waals surface area contributed by atoms with E-state index >= 15 is 0 Å². The minimum atomic E-state index is -3.51. The van der Waals surface area contributed by atoms with Crippen molar-refractivity contribution < 1.29 is 13.2 Å². The third-order valence-corrected chi connectivity index (χ3v) is 6.33. The fraction of sp³-hybridized carbons (Fsp3) is 0.476. The zero-order valence-electron chi connectivity index (χ0n) is 17.8. The molecule has 1 saturated carbocycles. The summed E-state index contributed by atoms with van der Waals surface area (Å²) in [5.41, 5.74) is 2.23. The summed E-state index contributed by atoms with van der Waals surface area (Å²) in [5, 5.41) is 6.39. The van der Waals surface area contributed by atoms with Gasteiger partial charge in [0, 0.05) is 51.7 Å². The van der Waals surface area contributed by atoms with E-state index in [1.807, 2.05) is 0 Å². The van der Waals surface area contributed by atoms with Gasteiger partial charge in [-0.05, 0) is 43.4 Å². The summed E-state index contributed by atoms with van der Waals surface area (Å²) in [5.74, 6) is 2.20. The first-order valence-electron chi connectivity index (χ1n) is 10.2. The number of aromatic nitrogens is 1. The molecule has 1 fully saturated rings. The highest BCUT2D eigenvalue weighted by atomic mass is 32.2. The lowest BCUT2D eigenvalue weighted by Gasteiger charge is -2.15. The number of ether oxygens (including phenoxy) is 1. The van der Waals surface area contributed by atoms with Crippen LogP contribution in [0.5, 0.6) is 5.75 Å². The summed E-state index contributed by atoms with van der Waals surface area (Å²) in [6.45, 7) is 4.04. The molecule has 0 radical (unpaired) electrons. The molecule has 3 N–H and O–H groups in total. The molecule has 1 aliphatic rings. The molecule has 1 aromatic heterocycles. The maximum absolute atomic E-state index is 12.2. The Kier molecular flexibility index (Phi) is 7.38. The quantitative estimate of drug-likeness (QED) is 0.301. The molecule has 0 spiro atoms. The zero-order chi connectivity index (χ0) is 21.6. The van der Waals surface area contributed by atoms with Crippen molar-refractivity contribution in [2.75, 3.05) is 26.7 Å². The van der Waals surface area contributed by atoms with Gasteiger partial charge in [-0.25, -0.2) is 13.1 Å². The number of guanidine groups is 1. The van der Waals surface area contributed by atoms with Crippen molar-refractivity contribution in [3.8, 4) is 5.75 Å². The molecule has 1 aliphatic carbocycles. The Morgan fingerprint density at radius 1 is 1.23 bits per heavy atom. The number of benzene rings is 1. The molecule has 0 amide bonds. The summed E-state index contributed by atoms with van der Waals surface area (Å²) in [6, 6.07) is 7.76. The summed E-state index contributed by atoms with van der Waals surface area (Å²) in [6.07, 6.45) is 5.78. The van der Waals surface area contributed by atoms with Crippen LogP contribution < -0.4 is 20.1 Å². The number of hydrogen-bond donors (Lipinski definition) is 3. The van der Waals surface area contributed by atoms with Gasteiger partial charge in [-0.15, -0.1) is 0 Å². The fourth-order valence-electron chi connectivity index (χ4n) is 2.92. The van der Waals surface area contributed by atoms with Gasteiger partial charge in [-0.3, -0.25) is 4.99 Å². The molecule has 0 aliphatic heterocycles. The average Bonchev–Trinajstić information content (AvgIpc) is 3.44. The minimum Gasteiger partial charge on any atom is -0.493 e. The van der Waals surface area contributed by atoms with Crippen LogP contribution in [0, 0.1) is 12.8 Å².